The zero-order chi connectivity index (χ0) is 19.5. The first-order valence-electron chi connectivity index (χ1n) is 9.87. The fourth-order valence-electron chi connectivity index (χ4n) is 3.88. The van der Waals surface area contributed by atoms with Crippen LogP contribution in [0.4, 0.5) is 5.69 Å². The first kappa shape index (κ1) is 18.3. The summed E-state index contributed by atoms with van der Waals surface area (Å²) < 4.78 is 0. The van der Waals surface area contributed by atoms with Crippen molar-refractivity contribution in [2.75, 3.05) is 18.0 Å². The Morgan fingerprint density at radius 2 is 2.07 bits per heavy atom. The Morgan fingerprint density at radius 1 is 1.21 bits per heavy atom. The number of hydrogen-bond donors (Lipinski definition) is 2. The molecule has 4 rings (SSSR count). The lowest BCUT2D eigenvalue weighted by Gasteiger charge is -2.17. The lowest BCUT2D eigenvalue weighted by atomic mass is 10.1. The molecule has 2 N–H and O–H groups in total. The van der Waals surface area contributed by atoms with Gasteiger partial charge in [-0.15, -0.1) is 0 Å². The van der Waals surface area contributed by atoms with Crippen LogP contribution in [0.15, 0.2) is 54.7 Å². The smallest absolute Gasteiger partial charge is 0.227 e. The molecule has 0 spiro atoms. The number of carbonyl (C=O) groups excluding carboxylic acids is 2. The quantitative estimate of drug-likeness (QED) is 0.693. The number of H-pyrrole nitrogens is 1. The first-order chi connectivity index (χ1) is 13.7. The predicted octanol–water partition coefficient (Wildman–Crippen LogP) is 3.44. The minimum absolute atomic E-state index is 0.0185. The van der Waals surface area contributed by atoms with E-state index < -0.39 is 0 Å². The van der Waals surface area contributed by atoms with Crippen LogP contribution >= 0.6 is 0 Å². The van der Waals surface area contributed by atoms with Crippen LogP contribution in [-0.2, 0) is 22.4 Å². The van der Waals surface area contributed by atoms with E-state index in [1.165, 1.54) is 16.5 Å². The summed E-state index contributed by atoms with van der Waals surface area (Å²) in [4.78, 5) is 30.0. The van der Waals surface area contributed by atoms with E-state index in [0.29, 0.717) is 13.1 Å². The highest BCUT2D eigenvalue weighted by Gasteiger charge is 2.35. The van der Waals surface area contributed by atoms with Gasteiger partial charge in [0.15, 0.2) is 0 Å². The number of aromatic nitrogens is 1. The minimum Gasteiger partial charge on any atom is -0.361 e. The topological polar surface area (TPSA) is 65.2 Å². The van der Waals surface area contributed by atoms with Crippen molar-refractivity contribution in [3.63, 3.8) is 0 Å². The van der Waals surface area contributed by atoms with Crippen molar-refractivity contribution in [3.05, 3.63) is 65.9 Å². The molecular formula is C23H25N3O2. The molecule has 3 aromatic rings. The van der Waals surface area contributed by atoms with Crippen molar-refractivity contribution in [3.8, 4) is 0 Å². The fraction of sp³-hybridized carbons (Fsp3) is 0.304. The molecular weight excluding hydrogens is 350 g/mol. The summed E-state index contributed by atoms with van der Waals surface area (Å²) in [7, 11) is 0. The molecule has 144 valence electrons. The number of rotatable bonds is 6. The van der Waals surface area contributed by atoms with E-state index >= 15 is 0 Å². The highest BCUT2D eigenvalue weighted by molar-refractivity contribution is 6.00. The molecule has 28 heavy (non-hydrogen) atoms. The zero-order valence-electron chi connectivity index (χ0n) is 16.1. The summed E-state index contributed by atoms with van der Waals surface area (Å²) in [6, 6.07) is 16.1. The van der Waals surface area contributed by atoms with E-state index in [4.69, 9.17) is 0 Å². The molecule has 0 aliphatic carbocycles. The molecule has 0 bridgehead atoms. The van der Waals surface area contributed by atoms with Gasteiger partial charge >= 0.3 is 0 Å². The summed E-state index contributed by atoms with van der Waals surface area (Å²) in [5, 5.41) is 4.20. The standard InChI is InChI=1S/C23H25N3O2/c1-2-16-6-5-7-19(12-16)26-15-18(13-22(26)27)23(28)24-11-10-17-14-25-21-9-4-3-8-20(17)21/h3-9,12,14,18,25H,2,10-11,13,15H2,1H3,(H,24,28). The number of carbonyl (C=O) groups is 2. The third-order valence-electron chi connectivity index (χ3n) is 5.49. The Morgan fingerprint density at radius 3 is 2.93 bits per heavy atom. The molecule has 1 saturated heterocycles. The van der Waals surface area contributed by atoms with Crippen molar-refractivity contribution >= 4 is 28.4 Å². The van der Waals surface area contributed by atoms with Crippen LogP contribution in [0.1, 0.15) is 24.5 Å². The number of benzene rings is 2. The van der Waals surface area contributed by atoms with Crippen molar-refractivity contribution in [1.82, 2.24) is 10.3 Å². The van der Waals surface area contributed by atoms with Gasteiger partial charge in [0, 0.05) is 42.3 Å². The number of hydrogen-bond acceptors (Lipinski definition) is 2. The molecule has 1 aromatic heterocycles. The van der Waals surface area contributed by atoms with Crippen LogP contribution in [0.25, 0.3) is 10.9 Å². The fourth-order valence-corrected chi connectivity index (χ4v) is 3.88. The Kier molecular flexibility index (Phi) is 5.15. The van der Waals surface area contributed by atoms with E-state index in [1.807, 2.05) is 42.6 Å². The number of para-hydroxylation sites is 1. The Labute approximate surface area is 164 Å². The van der Waals surface area contributed by atoms with E-state index in [0.717, 1.165) is 24.0 Å². The monoisotopic (exact) mass is 375 g/mol. The number of aryl methyl sites for hydroxylation is 1. The second-order valence-corrected chi connectivity index (χ2v) is 7.33. The van der Waals surface area contributed by atoms with Crippen LogP contribution in [-0.4, -0.2) is 29.9 Å². The largest absolute Gasteiger partial charge is 0.361 e. The summed E-state index contributed by atoms with van der Waals surface area (Å²) >= 11 is 0. The Hall–Kier alpha value is -3.08. The Bertz CT molecular complexity index is 1010. The van der Waals surface area contributed by atoms with E-state index in [1.54, 1.807) is 4.90 Å². The van der Waals surface area contributed by atoms with Crippen LogP contribution in [0.2, 0.25) is 0 Å². The van der Waals surface area contributed by atoms with E-state index in [-0.39, 0.29) is 24.2 Å². The van der Waals surface area contributed by atoms with E-state index in [9.17, 15) is 9.59 Å². The normalized spacial score (nSPS) is 16.7. The Balaban J connectivity index is 1.34. The number of aromatic amines is 1. The third kappa shape index (κ3) is 3.65. The maximum absolute atomic E-state index is 12.6. The predicted molar refractivity (Wildman–Crippen MR) is 111 cm³/mol. The number of nitrogens with zero attached hydrogens (tertiary/aromatic N) is 1. The maximum atomic E-state index is 12.6. The average Bonchev–Trinajstić information content (AvgIpc) is 3.32. The van der Waals surface area contributed by atoms with Gasteiger partial charge in [0.2, 0.25) is 11.8 Å². The van der Waals surface area contributed by atoms with Gasteiger partial charge in [-0.05, 0) is 42.2 Å². The highest BCUT2D eigenvalue weighted by atomic mass is 16.2. The lowest BCUT2D eigenvalue weighted by molar-refractivity contribution is -0.126. The highest BCUT2D eigenvalue weighted by Crippen LogP contribution is 2.26. The second kappa shape index (κ2) is 7.89. The summed E-state index contributed by atoms with van der Waals surface area (Å²) in [6.07, 6.45) is 3.96. The van der Waals surface area contributed by atoms with Gasteiger partial charge in [0.05, 0.1) is 5.92 Å². The molecule has 0 saturated carbocycles. The molecule has 1 unspecified atom stereocenters. The van der Waals surface area contributed by atoms with Crippen molar-refractivity contribution in [2.45, 2.75) is 26.2 Å². The lowest BCUT2D eigenvalue weighted by Crippen LogP contribution is -2.34. The van der Waals surface area contributed by atoms with Crippen molar-refractivity contribution in [1.29, 1.82) is 0 Å². The third-order valence-corrected chi connectivity index (χ3v) is 5.49. The molecule has 2 heterocycles. The maximum Gasteiger partial charge on any atom is 0.227 e. The van der Waals surface area contributed by atoms with Gasteiger partial charge in [0.1, 0.15) is 0 Å². The minimum atomic E-state index is -0.291. The van der Waals surface area contributed by atoms with Gasteiger partial charge in [-0.2, -0.15) is 0 Å². The van der Waals surface area contributed by atoms with Crippen LogP contribution in [0.3, 0.4) is 0 Å². The molecule has 1 fully saturated rings. The molecule has 1 aliphatic rings. The number of fused-ring (bicyclic) bond motifs is 1. The van der Waals surface area contributed by atoms with Crippen molar-refractivity contribution < 1.29 is 9.59 Å². The molecule has 0 radical (unpaired) electrons. The molecule has 2 amide bonds. The van der Waals surface area contributed by atoms with Crippen LogP contribution in [0, 0.1) is 5.92 Å². The molecule has 5 heteroatoms. The van der Waals surface area contributed by atoms with Gasteiger partial charge in [-0.3, -0.25) is 9.59 Å². The second-order valence-electron chi connectivity index (χ2n) is 7.33. The molecule has 1 aliphatic heterocycles. The average molecular weight is 375 g/mol. The van der Waals surface area contributed by atoms with Gasteiger partial charge < -0.3 is 15.2 Å². The van der Waals surface area contributed by atoms with Crippen LogP contribution in [0.5, 0.6) is 0 Å². The summed E-state index contributed by atoms with van der Waals surface area (Å²) in [5.41, 5.74) is 4.38. The zero-order valence-corrected chi connectivity index (χ0v) is 16.1. The van der Waals surface area contributed by atoms with Gasteiger partial charge in [0.25, 0.3) is 0 Å². The van der Waals surface area contributed by atoms with Gasteiger partial charge in [-0.25, -0.2) is 0 Å². The van der Waals surface area contributed by atoms with Gasteiger partial charge in [-0.1, -0.05) is 37.3 Å². The SMILES string of the molecule is CCc1cccc(N2CC(C(=O)NCCc3c[nH]c4ccccc34)CC2=O)c1. The summed E-state index contributed by atoms with van der Waals surface area (Å²) in [5.74, 6) is -0.312. The van der Waals surface area contributed by atoms with Crippen molar-refractivity contribution in [2.24, 2.45) is 5.92 Å². The number of anilines is 1. The van der Waals surface area contributed by atoms with E-state index in [2.05, 4.69) is 29.4 Å². The molecule has 1 atom stereocenters. The first-order valence-corrected chi connectivity index (χ1v) is 9.87. The number of nitrogens with one attached hydrogen (secondary N) is 2. The summed E-state index contributed by atoms with van der Waals surface area (Å²) in [6.45, 7) is 3.11. The molecule has 2 aromatic carbocycles. The number of amides is 2. The molecule has 5 nitrogen and oxygen atoms in total. The van der Waals surface area contributed by atoms with Crippen LogP contribution < -0.4 is 10.2 Å².